The third kappa shape index (κ3) is 2.62. The Bertz CT molecular complexity index is 536. The second-order valence-corrected chi connectivity index (χ2v) is 4.50. The normalized spacial score (nSPS) is 15.6. The van der Waals surface area contributed by atoms with Crippen LogP contribution in [0.5, 0.6) is 0 Å². The van der Waals surface area contributed by atoms with Crippen molar-refractivity contribution < 1.29 is 0 Å². The topological polar surface area (TPSA) is 58.0 Å². The number of nitrogens with zero attached hydrogens (tertiary/aromatic N) is 6. The van der Waals surface area contributed by atoms with Gasteiger partial charge in [0, 0.05) is 44.8 Å². The molecule has 0 radical (unpaired) electrons. The molecule has 1 fully saturated rings. The van der Waals surface area contributed by atoms with Crippen molar-refractivity contribution in [3.63, 3.8) is 0 Å². The number of anilines is 2. The van der Waals surface area contributed by atoms with Crippen molar-refractivity contribution in [3.8, 4) is 0 Å². The second kappa shape index (κ2) is 5.17. The van der Waals surface area contributed by atoms with Crippen LogP contribution in [0.1, 0.15) is 5.82 Å². The Morgan fingerprint density at radius 2 is 1.63 bits per heavy atom. The van der Waals surface area contributed by atoms with Crippen molar-refractivity contribution in [2.75, 3.05) is 36.0 Å². The fraction of sp³-hybridized carbons (Fsp3) is 0.385. The predicted molar refractivity (Wildman–Crippen MR) is 73.2 cm³/mol. The van der Waals surface area contributed by atoms with E-state index < -0.39 is 0 Å². The lowest BCUT2D eigenvalue weighted by atomic mass is 10.3. The van der Waals surface area contributed by atoms with E-state index in [-0.39, 0.29) is 0 Å². The van der Waals surface area contributed by atoms with Crippen LogP contribution >= 0.6 is 0 Å². The summed E-state index contributed by atoms with van der Waals surface area (Å²) in [5, 5.41) is 0. The first kappa shape index (κ1) is 11.8. The molecule has 1 aliphatic rings. The van der Waals surface area contributed by atoms with E-state index in [9.17, 15) is 0 Å². The van der Waals surface area contributed by atoms with E-state index in [4.69, 9.17) is 0 Å². The van der Waals surface area contributed by atoms with Gasteiger partial charge in [-0.25, -0.2) is 15.0 Å². The third-order valence-corrected chi connectivity index (χ3v) is 3.24. The lowest BCUT2D eigenvalue weighted by Gasteiger charge is -2.35. The average molecular weight is 256 g/mol. The first-order chi connectivity index (χ1) is 9.33. The Morgan fingerprint density at radius 3 is 2.26 bits per heavy atom. The van der Waals surface area contributed by atoms with Crippen LogP contribution in [0.2, 0.25) is 0 Å². The predicted octanol–water partition coefficient (Wildman–Crippen LogP) is 0.902. The fourth-order valence-corrected chi connectivity index (χ4v) is 2.24. The van der Waals surface area contributed by atoms with Gasteiger partial charge in [0.15, 0.2) is 0 Å². The molecule has 6 nitrogen and oxygen atoms in total. The van der Waals surface area contributed by atoms with E-state index in [1.54, 1.807) is 12.4 Å². The molecule has 0 aromatic carbocycles. The smallest absolute Gasteiger partial charge is 0.147 e. The van der Waals surface area contributed by atoms with Crippen molar-refractivity contribution in [1.82, 2.24) is 19.9 Å². The molecular weight excluding hydrogens is 240 g/mol. The molecule has 98 valence electrons. The van der Waals surface area contributed by atoms with Gasteiger partial charge >= 0.3 is 0 Å². The molecule has 2 aromatic rings. The summed E-state index contributed by atoms with van der Waals surface area (Å²) in [6, 6.07) is 1.96. The molecule has 2 aromatic heterocycles. The minimum atomic E-state index is 0.814. The fourth-order valence-electron chi connectivity index (χ4n) is 2.24. The SMILES string of the molecule is Cc1nccc(N2CCN(c3cnccn3)CC2)n1. The van der Waals surface area contributed by atoms with Gasteiger partial charge < -0.3 is 9.80 Å². The Balaban J connectivity index is 1.67. The van der Waals surface area contributed by atoms with E-state index in [1.165, 1.54) is 0 Å². The molecule has 1 saturated heterocycles. The van der Waals surface area contributed by atoms with Gasteiger partial charge in [0.1, 0.15) is 17.5 Å². The summed E-state index contributed by atoms with van der Waals surface area (Å²) < 4.78 is 0. The maximum atomic E-state index is 4.46. The molecule has 0 saturated carbocycles. The van der Waals surface area contributed by atoms with Crippen molar-refractivity contribution in [2.24, 2.45) is 0 Å². The number of piperazine rings is 1. The molecular formula is C13H16N6. The molecule has 0 spiro atoms. The molecule has 0 bridgehead atoms. The summed E-state index contributed by atoms with van der Waals surface area (Å²) >= 11 is 0. The summed E-state index contributed by atoms with van der Waals surface area (Å²) in [6.07, 6.45) is 7.05. The largest absolute Gasteiger partial charge is 0.353 e. The number of hydrogen-bond donors (Lipinski definition) is 0. The molecule has 3 rings (SSSR count). The highest BCUT2D eigenvalue weighted by atomic mass is 15.3. The quantitative estimate of drug-likeness (QED) is 0.795. The number of hydrogen-bond acceptors (Lipinski definition) is 6. The van der Waals surface area contributed by atoms with Crippen molar-refractivity contribution in [1.29, 1.82) is 0 Å². The standard InChI is InChI=1S/C13H16N6/c1-11-15-3-2-12(17-11)18-6-8-19(9-7-18)13-10-14-4-5-16-13/h2-5,10H,6-9H2,1H3. The second-order valence-electron chi connectivity index (χ2n) is 4.50. The molecule has 0 aliphatic carbocycles. The molecule has 1 aliphatic heterocycles. The highest BCUT2D eigenvalue weighted by Crippen LogP contribution is 2.16. The summed E-state index contributed by atoms with van der Waals surface area (Å²) in [4.78, 5) is 21.6. The summed E-state index contributed by atoms with van der Waals surface area (Å²) in [6.45, 7) is 5.66. The maximum absolute atomic E-state index is 4.46. The van der Waals surface area contributed by atoms with Gasteiger partial charge in [0.2, 0.25) is 0 Å². The third-order valence-electron chi connectivity index (χ3n) is 3.24. The van der Waals surface area contributed by atoms with Crippen LogP contribution in [0.4, 0.5) is 11.6 Å². The Labute approximate surface area is 112 Å². The minimum Gasteiger partial charge on any atom is -0.353 e. The van der Waals surface area contributed by atoms with Crippen LogP contribution in [-0.2, 0) is 0 Å². The lowest BCUT2D eigenvalue weighted by molar-refractivity contribution is 0.639. The molecule has 0 unspecified atom stereocenters. The maximum Gasteiger partial charge on any atom is 0.147 e. The van der Waals surface area contributed by atoms with E-state index in [0.29, 0.717) is 0 Å². The highest BCUT2D eigenvalue weighted by molar-refractivity contribution is 5.43. The van der Waals surface area contributed by atoms with Gasteiger partial charge in [-0.05, 0) is 13.0 Å². The van der Waals surface area contributed by atoms with E-state index in [1.807, 2.05) is 25.4 Å². The van der Waals surface area contributed by atoms with Crippen molar-refractivity contribution in [2.45, 2.75) is 6.92 Å². The number of rotatable bonds is 2. The van der Waals surface area contributed by atoms with Gasteiger partial charge in [-0.3, -0.25) is 4.98 Å². The highest BCUT2D eigenvalue weighted by Gasteiger charge is 2.19. The molecule has 0 N–H and O–H groups in total. The Morgan fingerprint density at radius 1 is 0.895 bits per heavy atom. The monoisotopic (exact) mass is 256 g/mol. The van der Waals surface area contributed by atoms with Crippen LogP contribution in [0.25, 0.3) is 0 Å². The van der Waals surface area contributed by atoms with Gasteiger partial charge in [0.25, 0.3) is 0 Å². The van der Waals surface area contributed by atoms with Gasteiger partial charge in [0.05, 0.1) is 6.20 Å². The number of aryl methyl sites for hydroxylation is 1. The van der Waals surface area contributed by atoms with Gasteiger partial charge in [-0.1, -0.05) is 0 Å². The Hall–Kier alpha value is -2.24. The van der Waals surface area contributed by atoms with Gasteiger partial charge in [-0.2, -0.15) is 0 Å². The van der Waals surface area contributed by atoms with Crippen LogP contribution < -0.4 is 9.80 Å². The van der Waals surface area contributed by atoms with Crippen LogP contribution in [-0.4, -0.2) is 46.1 Å². The zero-order chi connectivity index (χ0) is 13.1. The molecule has 19 heavy (non-hydrogen) atoms. The molecule has 0 amide bonds. The zero-order valence-electron chi connectivity index (χ0n) is 10.9. The lowest BCUT2D eigenvalue weighted by Crippen LogP contribution is -2.47. The first-order valence-corrected chi connectivity index (χ1v) is 6.38. The summed E-state index contributed by atoms with van der Waals surface area (Å²) in [5.41, 5.74) is 0. The molecule has 3 heterocycles. The molecule has 6 heteroatoms. The summed E-state index contributed by atoms with van der Waals surface area (Å²) in [5.74, 6) is 2.76. The first-order valence-electron chi connectivity index (χ1n) is 6.38. The minimum absolute atomic E-state index is 0.814. The molecule has 0 atom stereocenters. The average Bonchev–Trinajstić information content (AvgIpc) is 2.48. The Kier molecular flexibility index (Phi) is 3.22. The van der Waals surface area contributed by atoms with Crippen LogP contribution in [0.15, 0.2) is 30.9 Å². The summed E-state index contributed by atoms with van der Waals surface area (Å²) in [7, 11) is 0. The van der Waals surface area contributed by atoms with Crippen LogP contribution in [0, 0.1) is 6.92 Å². The number of aromatic nitrogens is 4. The van der Waals surface area contributed by atoms with E-state index in [2.05, 4.69) is 29.7 Å². The zero-order valence-corrected chi connectivity index (χ0v) is 10.9. The van der Waals surface area contributed by atoms with Crippen molar-refractivity contribution in [3.05, 3.63) is 36.7 Å². The van der Waals surface area contributed by atoms with E-state index >= 15 is 0 Å². The van der Waals surface area contributed by atoms with Crippen molar-refractivity contribution >= 4 is 11.6 Å². The van der Waals surface area contributed by atoms with Gasteiger partial charge in [-0.15, -0.1) is 0 Å². The van der Waals surface area contributed by atoms with E-state index in [0.717, 1.165) is 43.6 Å². The van der Waals surface area contributed by atoms with Crippen LogP contribution in [0.3, 0.4) is 0 Å².